The maximum atomic E-state index is 13.2. The maximum absolute atomic E-state index is 13.2. The van der Waals surface area contributed by atoms with Crippen LogP contribution in [0.1, 0.15) is 38.7 Å². The predicted octanol–water partition coefficient (Wildman–Crippen LogP) is -2.40. The van der Waals surface area contributed by atoms with Crippen LogP contribution in [0, 0.1) is 5.92 Å². The Morgan fingerprint density at radius 3 is 1.76 bits per heavy atom. The summed E-state index contributed by atoms with van der Waals surface area (Å²) in [6.45, 7) is 3.53. The van der Waals surface area contributed by atoms with E-state index in [1.807, 2.05) is 0 Å². The van der Waals surface area contributed by atoms with Gasteiger partial charge < -0.3 is 43.4 Å². The molecule has 204 valence electrons. The molecule has 14 heteroatoms. The fourth-order valence-electron chi connectivity index (χ4n) is 3.31. The van der Waals surface area contributed by atoms with Gasteiger partial charge in [-0.25, -0.2) is 4.79 Å². The van der Waals surface area contributed by atoms with Gasteiger partial charge in [-0.15, -0.1) is 0 Å². The summed E-state index contributed by atoms with van der Waals surface area (Å²) in [4.78, 5) is 72.3. The highest BCUT2D eigenvalue weighted by Crippen LogP contribution is 2.13. The summed E-state index contributed by atoms with van der Waals surface area (Å²) in [5, 5.41) is 25.9. The van der Waals surface area contributed by atoms with Gasteiger partial charge in [0.05, 0.1) is 18.9 Å². The van der Waals surface area contributed by atoms with E-state index in [-0.39, 0.29) is 24.5 Å². The van der Waals surface area contributed by atoms with E-state index in [4.69, 9.17) is 17.2 Å². The molecule has 0 spiro atoms. The molecule has 5 amide bonds. The first-order valence-electron chi connectivity index (χ1n) is 11.4. The molecule has 0 aliphatic heterocycles. The van der Waals surface area contributed by atoms with E-state index in [0.29, 0.717) is 5.56 Å². The Balaban J connectivity index is 3.15. The van der Waals surface area contributed by atoms with E-state index < -0.39 is 72.5 Å². The third kappa shape index (κ3) is 11.4. The molecule has 4 atom stereocenters. The molecule has 0 saturated heterocycles. The summed E-state index contributed by atoms with van der Waals surface area (Å²) in [7, 11) is 0. The Labute approximate surface area is 213 Å². The minimum Gasteiger partial charge on any atom is -0.508 e. The van der Waals surface area contributed by atoms with Crippen LogP contribution >= 0.6 is 0 Å². The monoisotopic (exact) mass is 522 g/mol. The lowest BCUT2D eigenvalue weighted by atomic mass is 10.00. The van der Waals surface area contributed by atoms with Gasteiger partial charge >= 0.3 is 5.97 Å². The topological polar surface area (TPSA) is 257 Å². The van der Waals surface area contributed by atoms with Gasteiger partial charge in [0.1, 0.15) is 23.9 Å². The smallest absolute Gasteiger partial charge is 0.326 e. The molecule has 11 N–H and O–H groups in total. The fourth-order valence-corrected chi connectivity index (χ4v) is 3.31. The van der Waals surface area contributed by atoms with E-state index in [1.165, 1.54) is 24.3 Å². The second-order valence-corrected chi connectivity index (χ2v) is 8.97. The second kappa shape index (κ2) is 14.4. The normalized spacial score (nSPS) is 14.1. The number of benzene rings is 1. The van der Waals surface area contributed by atoms with E-state index in [2.05, 4.69) is 16.0 Å². The lowest BCUT2D eigenvalue weighted by Crippen LogP contribution is -2.58. The molecule has 0 heterocycles. The molecule has 37 heavy (non-hydrogen) atoms. The summed E-state index contributed by atoms with van der Waals surface area (Å²) in [5.74, 6) is -5.89. The third-order valence-electron chi connectivity index (χ3n) is 5.13. The molecular weight excluding hydrogens is 488 g/mol. The van der Waals surface area contributed by atoms with Crippen LogP contribution in [0.2, 0.25) is 0 Å². The number of aromatic hydroxyl groups is 1. The molecular formula is C23H34N6O8. The van der Waals surface area contributed by atoms with Gasteiger partial charge in [-0.2, -0.15) is 0 Å². The molecule has 0 aliphatic carbocycles. The summed E-state index contributed by atoms with van der Waals surface area (Å²) >= 11 is 0. The highest BCUT2D eigenvalue weighted by molar-refractivity contribution is 5.95. The fraction of sp³-hybridized carbons (Fsp3) is 0.478. The number of phenolic OH excluding ortho intramolecular Hbond substituents is 1. The number of nitrogens with one attached hydrogen (secondary N) is 3. The summed E-state index contributed by atoms with van der Waals surface area (Å²) in [6.07, 6.45) is -1.09. The lowest BCUT2D eigenvalue weighted by molar-refractivity contribution is -0.143. The summed E-state index contributed by atoms with van der Waals surface area (Å²) in [6, 6.07) is 0.383. The van der Waals surface area contributed by atoms with Crippen molar-refractivity contribution in [2.24, 2.45) is 23.1 Å². The number of primary amides is 2. The van der Waals surface area contributed by atoms with Crippen LogP contribution in [0.4, 0.5) is 0 Å². The number of carboxylic acids is 1. The number of hydrogen-bond donors (Lipinski definition) is 8. The second-order valence-electron chi connectivity index (χ2n) is 8.97. The quantitative estimate of drug-likeness (QED) is 0.122. The molecule has 14 nitrogen and oxygen atoms in total. The van der Waals surface area contributed by atoms with Crippen molar-refractivity contribution in [2.75, 3.05) is 0 Å². The van der Waals surface area contributed by atoms with Crippen molar-refractivity contribution in [2.45, 2.75) is 63.7 Å². The SMILES string of the molecule is CC(C)CC(NC(=O)C(Cc1ccc(O)cc1)NC(=O)C(N)CC(N)=O)C(=O)NC(CC(N)=O)C(=O)O. The number of rotatable bonds is 15. The van der Waals surface area contributed by atoms with Crippen molar-refractivity contribution in [1.29, 1.82) is 0 Å². The van der Waals surface area contributed by atoms with Gasteiger partial charge in [-0.1, -0.05) is 26.0 Å². The molecule has 1 aromatic rings. The van der Waals surface area contributed by atoms with Gasteiger partial charge in [0.15, 0.2) is 0 Å². The number of aliphatic carboxylic acids is 1. The Bertz CT molecular complexity index is 997. The van der Waals surface area contributed by atoms with E-state index in [0.717, 1.165) is 0 Å². The molecule has 0 aliphatic rings. The Morgan fingerprint density at radius 2 is 1.27 bits per heavy atom. The maximum Gasteiger partial charge on any atom is 0.326 e. The van der Waals surface area contributed by atoms with Crippen LogP contribution in [-0.2, 0) is 35.2 Å². The van der Waals surface area contributed by atoms with Gasteiger partial charge in [0, 0.05) is 6.42 Å². The van der Waals surface area contributed by atoms with Crippen LogP contribution in [0.5, 0.6) is 5.75 Å². The summed E-state index contributed by atoms with van der Waals surface area (Å²) in [5.41, 5.74) is 16.4. The molecule has 4 unspecified atom stereocenters. The zero-order valence-electron chi connectivity index (χ0n) is 20.6. The van der Waals surface area contributed by atoms with Crippen molar-refractivity contribution in [3.05, 3.63) is 29.8 Å². The van der Waals surface area contributed by atoms with E-state index in [1.54, 1.807) is 13.8 Å². The third-order valence-corrected chi connectivity index (χ3v) is 5.13. The number of carbonyl (C=O) groups excluding carboxylic acids is 5. The van der Waals surface area contributed by atoms with E-state index in [9.17, 15) is 39.0 Å². The number of nitrogens with two attached hydrogens (primary N) is 3. The number of carbonyl (C=O) groups is 6. The Morgan fingerprint density at radius 1 is 0.784 bits per heavy atom. The molecule has 0 saturated carbocycles. The lowest BCUT2D eigenvalue weighted by Gasteiger charge is -2.26. The predicted molar refractivity (Wildman–Crippen MR) is 130 cm³/mol. The van der Waals surface area contributed by atoms with Crippen molar-refractivity contribution in [3.63, 3.8) is 0 Å². The number of carboxylic acid groups (broad SMARTS) is 1. The van der Waals surface area contributed by atoms with Gasteiger partial charge in [0.2, 0.25) is 29.5 Å². The Hall–Kier alpha value is -4.20. The first-order valence-corrected chi connectivity index (χ1v) is 11.4. The number of amides is 5. The standard InChI is InChI=1S/C23H34N6O8/c1-11(2)7-15(21(34)29-17(23(36)37)10-19(26)32)28-22(35)16(8-12-3-5-13(30)6-4-12)27-20(33)14(24)9-18(25)31/h3-6,11,14-17,30H,7-10,24H2,1-2H3,(H2,25,31)(H2,26,32)(H,27,33)(H,28,35)(H,29,34)(H,36,37). The molecule has 0 aromatic heterocycles. The van der Waals surface area contributed by atoms with Crippen LogP contribution < -0.4 is 33.2 Å². The van der Waals surface area contributed by atoms with Crippen molar-refractivity contribution < 1.29 is 39.0 Å². The van der Waals surface area contributed by atoms with Crippen LogP contribution in [0.25, 0.3) is 0 Å². The van der Waals surface area contributed by atoms with Crippen molar-refractivity contribution in [1.82, 2.24) is 16.0 Å². The number of phenols is 1. The molecule has 0 radical (unpaired) electrons. The minimum absolute atomic E-state index is 0.0186. The van der Waals surface area contributed by atoms with Crippen molar-refractivity contribution in [3.8, 4) is 5.75 Å². The molecule has 1 aromatic carbocycles. The van der Waals surface area contributed by atoms with Gasteiger partial charge in [-0.3, -0.25) is 24.0 Å². The first kappa shape index (κ1) is 30.8. The van der Waals surface area contributed by atoms with Crippen LogP contribution in [0.3, 0.4) is 0 Å². The average molecular weight is 523 g/mol. The minimum atomic E-state index is -1.60. The van der Waals surface area contributed by atoms with Crippen LogP contribution in [-0.4, -0.2) is 69.9 Å². The van der Waals surface area contributed by atoms with Crippen LogP contribution in [0.15, 0.2) is 24.3 Å². The molecule has 1 rings (SSSR count). The number of hydrogen-bond acceptors (Lipinski definition) is 8. The van der Waals surface area contributed by atoms with Crippen molar-refractivity contribution >= 4 is 35.5 Å². The Kier molecular flexibility index (Phi) is 12.0. The molecule has 0 bridgehead atoms. The first-order chi connectivity index (χ1) is 17.2. The highest BCUT2D eigenvalue weighted by atomic mass is 16.4. The zero-order valence-corrected chi connectivity index (χ0v) is 20.6. The van der Waals surface area contributed by atoms with Gasteiger partial charge in [-0.05, 0) is 30.0 Å². The van der Waals surface area contributed by atoms with E-state index >= 15 is 0 Å². The van der Waals surface area contributed by atoms with Gasteiger partial charge in [0.25, 0.3) is 0 Å². The largest absolute Gasteiger partial charge is 0.508 e. The highest BCUT2D eigenvalue weighted by Gasteiger charge is 2.31. The average Bonchev–Trinajstić information content (AvgIpc) is 2.77. The molecule has 0 fully saturated rings. The summed E-state index contributed by atoms with van der Waals surface area (Å²) < 4.78 is 0. The zero-order chi connectivity index (χ0) is 28.3.